The van der Waals surface area contributed by atoms with Crippen LogP contribution in [0.2, 0.25) is 0 Å². The highest BCUT2D eigenvalue weighted by Crippen LogP contribution is 2.54. The van der Waals surface area contributed by atoms with Gasteiger partial charge in [0, 0.05) is 58.0 Å². The zero-order chi connectivity index (χ0) is 42.9. The molecule has 0 aromatic rings. The fourth-order valence-electron chi connectivity index (χ4n) is 11.1. The summed E-state index contributed by atoms with van der Waals surface area (Å²) in [6.07, 6.45) is 1.75. The van der Waals surface area contributed by atoms with Gasteiger partial charge in [-0.25, -0.2) is 0 Å². The molecule has 10 rings (SSSR count). The summed E-state index contributed by atoms with van der Waals surface area (Å²) in [5, 5.41) is 10.6. The normalized spacial score (nSPS) is 49.8. The number of hydrogen-bond donors (Lipinski definition) is 3. The lowest BCUT2D eigenvalue weighted by Crippen LogP contribution is -2.61. The molecule has 0 saturated carbocycles. The first-order valence-corrected chi connectivity index (χ1v) is 22.7. The molecule has 10 fully saturated rings. The zero-order valence-corrected chi connectivity index (χ0v) is 33.8. The van der Waals surface area contributed by atoms with Crippen LogP contribution in [0, 0.1) is 11.8 Å². The molecule has 16 heteroatoms. The zero-order valence-electron chi connectivity index (χ0n) is 36.0. The summed E-state index contributed by atoms with van der Waals surface area (Å²) in [7, 11) is -6.42. The Balaban J connectivity index is 0.000000943. The van der Waals surface area contributed by atoms with Crippen LogP contribution in [0.4, 0.5) is 0 Å². The van der Waals surface area contributed by atoms with E-state index in [4.69, 9.17) is 57.0 Å². The van der Waals surface area contributed by atoms with Gasteiger partial charge in [-0.1, -0.05) is 20.1 Å². The lowest BCUT2D eigenvalue weighted by atomic mass is 9.81. The first kappa shape index (κ1) is 38.5. The largest absolute Gasteiger partial charge is 0.392 e. The van der Waals surface area contributed by atoms with Gasteiger partial charge in [-0.15, -0.1) is 0 Å². The molecule has 15 nitrogen and oxygen atoms in total. The molecule has 10 aliphatic heterocycles. The number of hydrogen-bond acceptors (Lipinski definition) is 14. The van der Waals surface area contributed by atoms with Gasteiger partial charge in [0.1, 0.15) is 36.3 Å². The number of nitrogens with two attached hydrogens (primary N) is 1. The maximum atomic E-state index is 14.2. The van der Waals surface area contributed by atoms with Crippen LogP contribution in [-0.2, 0) is 57.5 Å². The first-order chi connectivity index (χ1) is 28.2. The Morgan fingerprint density at radius 2 is 1.56 bits per heavy atom. The lowest BCUT2D eigenvalue weighted by molar-refractivity contribution is -0.292. The Morgan fingerprint density at radius 3 is 2.33 bits per heavy atom. The van der Waals surface area contributed by atoms with Crippen molar-refractivity contribution in [1.82, 2.24) is 0 Å². The summed E-state index contributed by atoms with van der Waals surface area (Å²) in [4.78, 5) is 14.2. The van der Waals surface area contributed by atoms with E-state index in [2.05, 4.69) is 20.1 Å². The summed E-state index contributed by atoms with van der Waals surface area (Å²) in [5.74, 6) is -1.35. The molecule has 0 aromatic carbocycles. The quantitative estimate of drug-likeness (QED) is 0.276. The third-order valence-corrected chi connectivity index (χ3v) is 13.8. The first-order valence-electron chi connectivity index (χ1n) is 22.4. The van der Waals surface area contributed by atoms with E-state index in [9.17, 15) is 18.3 Å². The maximum absolute atomic E-state index is 14.2. The SMILES string of the molecule is CS(=O)(=O)O.[2H]C([2H])([2H])O[C@@H]1[C@H]2CC(=O)C[C@H]3CC[C@@H]4O[C@@H]5[C@H]6O[C@@H]7C[C@](CC[C@H]8CC(=C)[C@H](CC[C@H]9C[C@@H](C)C(=C)[C@@H](C[C@@H]2O[C@@H]1C[C@H](O)CN)O9)O8)(O[C@H]6[C@H]4O3)O[C@H]57. The fourth-order valence-corrected chi connectivity index (χ4v) is 11.1. The summed E-state index contributed by atoms with van der Waals surface area (Å²) < 4.78 is 109. The molecule has 10 heterocycles. The third kappa shape index (κ3) is 9.00. The molecule has 0 unspecified atom stereocenters. The number of rotatable bonds is 4. The highest BCUT2D eigenvalue weighted by molar-refractivity contribution is 7.85. The highest BCUT2D eigenvalue weighted by Gasteiger charge is 2.68. The molecule has 0 aliphatic carbocycles. The smallest absolute Gasteiger partial charge is 0.261 e. The Hall–Kier alpha value is -1.38. The fraction of sp³-hybridized carbons (Fsp3) is 0.878. The summed E-state index contributed by atoms with van der Waals surface area (Å²) in [5.41, 5.74) is 7.83. The van der Waals surface area contributed by atoms with E-state index in [1.807, 2.05) is 0 Å². The van der Waals surface area contributed by atoms with Gasteiger partial charge in [0.05, 0.1) is 77.5 Å². The number of methoxy groups -OCH3 is 1. The number of carbonyl (C=O) groups is 1. The minimum absolute atomic E-state index is 0.00539. The van der Waals surface area contributed by atoms with Gasteiger partial charge in [0.25, 0.3) is 10.1 Å². The van der Waals surface area contributed by atoms with Crippen molar-refractivity contribution in [3.63, 3.8) is 0 Å². The van der Waals surface area contributed by atoms with Crippen LogP contribution >= 0.6 is 0 Å². The van der Waals surface area contributed by atoms with Gasteiger partial charge in [0.15, 0.2) is 5.79 Å². The van der Waals surface area contributed by atoms with Gasteiger partial charge < -0.3 is 53.5 Å². The average Bonchev–Trinajstić information content (AvgIpc) is 3.82. The average molecular weight is 829 g/mol. The Morgan fingerprint density at radius 1 is 0.860 bits per heavy atom. The molecule has 57 heavy (non-hydrogen) atoms. The molecule has 10 aliphatic rings. The lowest BCUT2D eigenvalue weighted by Gasteiger charge is -2.47. The third-order valence-electron chi connectivity index (χ3n) is 13.8. The minimum Gasteiger partial charge on any atom is -0.392 e. The number of ketones is 1. The number of aliphatic hydroxyl groups excluding tert-OH is 1. The molecule has 19 atom stereocenters. The van der Waals surface area contributed by atoms with Crippen LogP contribution in [0.15, 0.2) is 24.3 Å². The van der Waals surface area contributed by atoms with Crippen molar-refractivity contribution in [2.45, 2.75) is 194 Å². The van der Waals surface area contributed by atoms with Crippen molar-refractivity contribution >= 4 is 15.9 Å². The molecule has 4 N–H and O–H groups in total. The Bertz CT molecular complexity index is 1710. The Kier molecular flexibility index (Phi) is 11.4. The monoisotopic (exact) mass is 828 g/mol. The van der Waals surface area contributed by atoms with Crippen LogP contribution in [0.3, 0.4) is 0 Å². The van der Waals surface area contributed by atoms with E-state index < -0.39 is 71.6 Å². The number of Topliss-reactive ketones (excluding diaryl/α,β-unsaturated/α-hetero) is 1. The van der Waals surface area contributed by atoms with Crippen molar-refractivity contribution in [3.8, 4) is 0 Å². The molecule has 0 aromatic heterocycles. The summed E-state index contributed by atoms with van der Waals surface area (Å²) >= 11 is 0. The number of aliphatic hydroxyl groups is 1. The van der Waals surface area contributed by atoms with Crippen molar-refractivity contribution in [1.29, 1.82) is 0 Å². The van der Waals surface area contributed by atoms with Gasteiger partial charge in [-0.2, -0.15) is 8.42 Å². The summed E-state index contributed by atoms with van der Waals surface area (Å²) in [6.45, 7) is 11.0. The molecule has 1 spiro atoms. The van der Waals surface area contributed by atoms with Crippen LogP contribution in [0.5, 0.6) is 0 Å². The van der Waals surface area contributed by atoms with Gasteiger partial charge >= 0.3 is 0 Å². The standard InChI is InChI=1S/C40H59NO11.CH4O3S/c1-19-11-24-5-7-28-20(2)12-26(45-28)9-10-40-17-33-36(51-40)37-38(50-33)39(52-40)35-29(49-37)8-6-25(47-35)13-22(42)14-27-31(16-30(46-24)21(19)3)48-32(34(27)44-4)15-23(43)18-41;1-5(2,3)4/h19,23-39,43H,2-3,5-18,41H2,1,4H3;1H3,(H,2,3,4)/t19-,23+,24+,25-,26+,27+,28+,29+,30-,31+,32-,33-,34-,35+,36+,37+,38-,39+,40+;/m1./s1/i4D3;. The minimum atomic E-state index is -3.67. The maximum Gasteiger partial charge on any atom is 0.261 e. The van der Waals surface area contributed by atoms with Crippen molar-refractivity contribution in [2.75, 3.05) is 19.8 Å². The van der Waals surface area contributed by atoms with E-state index in [-0.39, 0.29) is 92.4 Å². The van der Waals surface area contributed by atoms with Gasteiger partial charge in [0.2, 0.25) is 0 Å². The number of carbonyl (C=O) groups excluding carboxylic acids is 1. The van der Waals surface area contributed by atoms with E-state index in [0.717, 1.165) is 43.3 Å². The molecule has 0 amide bonds. The van der Waals surface area contributed by atoms with Crippen molar-refractivity contribution in [3.05, 3.63) is 24.3 Å². The number of ether oxygens (including phenoxy) is 9. The topological polar surface area (TPSA) is 201 Å². The predicted octanol–water partition coefficient (Wildman–Crippen LogP) is 2.94. The van der Waals surface area contributed by atoms with Gasteiger partial charge in [-0.3, -0.25) is 9.35 Å². The molecule has 322 valence electrons. The molecule has 0 radical (unpaired) electrons. The second kappa shape index (κ2) is 16.8. The molecule has 10 saturated heterocycles. The number of fused-ring (bicyclic) bond motifs is 6. The highest BCUT2D eigenvalue weighted by atomic mass is 32.2. The molecular formula is C41H63NO14S. The van der Waals surface area contributed by atoms with Gasteiger partial charge in [-0.05, 0) is 62.0 Å². The van der Waals surface area contributed by atoms with E-state index in [1.54, 1.807) is 0 Å². The molecular weight excluding hydrogens is 763 g/mol. The Labute approximate surface area is 340 Å². The predicted molar refractivity (Wildman–Crippen MR) is 204 cm³/mol. The summed E-state index contributed by atoms with van der Waals surface area (Å²) in [6, 6.07) is 0. The van der Waals surface area contributed by atoms with Crippen LogP contribution < -0.4 is 5.73 Å². The van der Waals surface area contributed by atoms with Crippen LogP contribution in [0.25, 0.3) is 0 Å². The van der Waals surface area contributed by atoms with Crippen molar-refractivity contribution in [2.24, 2.45) is 17.6 Å². The second-order valence-corrected chi connectivity index (χ2v) is 19.5. The van der Waals surface area contributed by atoms with Crippen molar-refractivity contribution < 1.29 is 69.6 Å². The second-order valence-electron chi connectivity index (χ2n) is 18.0. The van der Waals surface area contributed by atoms with Crippen LogP contribution in [-0.4, -0.2) is 147 Å². The van der Waals surface area contributed by atoms with E-state index in [1.165, 1.54) is 0 Å². The van der Waals surface area contributed by atoms with Crippen LogP contribution in [0.1, 0.15) is 94.5 Å². The van der Waals surface area contributed by atoms with E-state index in [0.29, 0.717) is 38.4 Å². The molecule has 12 bridgehead atoms. The van der Waals surface area contributed by atoms with E-state index >= 15 is 0 Å².